The van der Waals surface area contributed by atoms with Crippen LogP contribution >= 0.6 is 0 Å². The van der Waals surface area contributed by atoms with Gasteiger partial charge in [-0.1, -0.05) is 0 Å². The standard InChI is InChI=1S/C25H26F2N6O5/c1-36-16-6-5-14(18(11-16)37-2)12-28-23-29-20-17(9-15(26)10-19(20)38-3)21-30-22(31-33(21)23)25(27)7-4-8-32(13-25)24(34)35/h5-6,9-11H,4,7-8,12-13H2,1-3H3,(H,28,29)(H,34,35). The number of benzene rings is 2. The van der Waals surface area contributed by atoms with Crippen LogP contribution in [0.5, 0.6) is 17.2 Å². The molecule has 13 heteroatoms. The molecule has 0 bridgehead atoms. The van der Waals surface area contributed by atoms with Crippen LogP contribution in [0.15, 0.2) is 30.3 Å². The number of aromatic nitrogens is 4. The molecule has 1 unspecified atom stereocenters. The molecule has 1 fully saturated rings. The normalized spacial score (nSPS) is 17.6. The monoisotopic (exact) mass is 528 g/mol. The number of rotatable bonds is 7. The lowest BCUT2D eigenvalue weighted by Crippen LogP contribution is -2.46. The number of nitrogens with zero attached hydrogens (tertiary/aromatic N) is 5. The number of carbonyl (C=O) groups is 1. The molecule has 5 rings (SSSR count). The van der Waals surface area contributed by atoms with Crippen LogP contribution in [0.25, 0.3) is 16.6 Å². The van der Waals surface area contributed by atoms with E-state index in [-0.39, 0.29) is 48.1 Å². The number of hydrogen-bond acceptors (Lipinski definition) is 8. The number of methoxy groups -OCH3 is 3. The van der Waals surface area contributed by atoms with Crippen LogP contribution in [-0.2, 0) is 12.2 Å². The summed E-state index contributed by atoms with van der Waals surface area (Å²) >= 11 is 0. The molecular weight excluding hydrogens is 502 g/mol. The van der Waals surface area contributed by atoms with Crippen LogP contribution in [0.2, 0.25) is 0 Å². The lowest BCUT2D eigenvalue weighted by Gasteiger charge is -2.33. The Bertz CT molecular complexity index is 1530. The van der Waals surface area contributed by atoms with Gasteiger partial charge in [0.1, 0.15) is 28.6 Å². The number of fused-ring (bicyclic) bond motifs is 3. The SMILES string of the molecule is COc1ccc(CNc2nc3c(OC)cc(F)cc3c3nc(C4(F)CCCN(C(=O)O)C4)nn23)c(OC)c1. The van der Waals surface area contributed by atoms with Crippen molar-refractivity contribution in [2.45, 2.75) is 25.1 Å². The first-order valence-corrected chi connectivity index (χ1v) is 11.8. The molecular formula is C25H26F2N6O5. The van der Waals surface area contributed by atoms with E-state index in [4.69, 9.17) is 14.2 Å². The van der Waals surface area contributed by atoms with E-state index in [1.165, 1.54) is 23.8 Å². The number of likely N-dealkylation sites (tertiary alicyclic amines) is 1. The molecule has 1 saturated heterocycles. The van der Waals surface area contributed by atoms with Gasteiger partial charge in [-0.15, -0.1) is 5.10 Å². The van der Waals surface area contributed by atoms with E-state index in [0.29, 0.717) is 23.4 Å². The van der Waals surface area contributed by atoms with Gasteiger partial charge in [-0.05, 0) is 31.0 Å². The molecule has 0 aliphatic carbocycles. The smallest absolute Gasteiger partial charge is 0.407 e. The highest BCUT2D eigenvalue weighted by Crippen LogP contribution is 2.36. The zero-order valence-electron chi connectivity index (χ0n) is 21.0. The number of halogens is 2. The maximum atomic E-state index is 16.1. The number of piperidine rings is 1. The lowest BCUT2D eigenvalue weighted by atomic mass is 9.94. The third-order valence-electron chi connectivity index (χ3n) is 6.57. The van der Waals surface area contributed by atoms with Crippen molar-refractivity contribution in [3.8, 4) is 17.2 Å². The third kappa shape index (κ3) is 4.44. The minimum absolute atomic E-state index is 0.0442. The molecule has 3 heterocycles. The van der Waals surface area contributed by atoms with Gasteiger partial charge in [0.15, 0.2) is 17.1 Å². The summed E-state index contributed by atoms with van der Waals surface area (Å²) in [5.74, 6) is 0.777. The number of anilines is 1. The van der Waals surface area contributed by atoms with Gasteiger partial charge in [0.25, 0.3) is 0 Å². The first kappa shape index (κ1) is 25.2. The fourth-order valence-corrected chi connectivity index (χ4v) is 4.64. The highest BCUT2D eigenvalue weighted by atomic mass is 19.1. The Hall–Kier alpha value is -4.42. The van der Waals surface area contributed by atoms with Crippen molar-refractivity contribution in [3.05, 3.63) is 47.5 Å². The fraction of sp³-hybridized carbons (Fsp3) is 0.360. The van der Waals surface area contributed by atoms with Gasteiger partial charge in [0.05, 0.1) is 33.3 Å². The molecule has 0 saturated carbocycles. The number of alkyl halides is 1. The maximum absolute atomic E-state index is 16.1. The topological polar surface area (TPSA) is 123 Å². The van der Waals surface area contributed by atoms with E-state index in [1.54, 1.807) is 26.4 Å². The van der Waals surface area contributed by atoms with Gasteiger partial charge in [-0.25, -0.2) is 23.5 Å². The van der Waals surface area contributed by atoms with Crippen LogP contribution in [-0.4, -0.2) is 70.1 Å². The first-order chi connectivity index (χ1) is 18.3. The Kier molecular flexibility index (Phi) is 6.51. The van der Waals surface area contributed by atoms with E-state index in [0.717, 1.165) is 10.5 Å². The van der Waals surface area contributed by atoms with Crippen molar-refractivity contribution in [3.63, 3.8) is 0 Å². The minimum atomic E-state index is -2.12. The third-order valence-corrected chi connectivity index (χ3v) is 6.57. The van der Waals surface area contributed by atoms with Crippen LogP contribution in [0.3, 0.4) is 0 Å². The summed E-state index contributed by atoms with van der Waals surface area (Å²) in [6.07, 6.45) is -0.866. The quantitative estimate of drug-likeness (QED) is 0.366. The molecule has 2 N–H and O–H groups in total. The molecule has 1 aliphatic rings. The second-order valence-corrected chi connectivity index (χ2v) is 8.91. The van der Waals surface area contributed by atoms with Crippen LogP contribution in [0, 0.1) is 5.82 Å². The molecule has 11 nitrogen and oxygen atoms in total. The fourth-order valence-electron chi connectivity index (χ4n) is 4.64. The van der Waals surface area contributed by atoms with E-state index >= 15 is 4.39 Å². The van der Waals surface area contributed by atoms with E-state index < -0.39 is 24.1 Å². The van der Waals surface area contributed by atoms with Crippen molar-refractivity contribution >= 4 is 28.6 Å². The largest absolute Gasteiger partial charge is 0.497 e. The Balaban J connectivity index is 1.63. The molecule has 1 amide bonds. The second kappa shape index (κ2) is 9.80. The van der Waals surface area contributed by atoms with Crippen molar-refractivity contribution < 1.29 is 32.9 Å². The zero-order chi connectivity index (χ0) is 27.0. The molecule has 2 aromatic carbocycles. The van der Waals surface area contributed by atoms with E-state index in [2.05, 4.69) is 20.4 Å². The molecule has 1 aliphatic heterocycles. The van der Waals surface area contributed by atoms with Gasteiger partial charge in [0, 0.05) is 30.8 Å². The number of amides is 1. The predicted octanol–water partition coefficient (Wildman–Crippen LogP) is 3.99. The molecule has 2 aromatic heterocycles. The van der Waals surface area contributed by atoms with Gasteiger partial charge in [-0.3, -0.25) is 0 Å². The zero-order valence-corrected chi connectivity index (χ0v) is 21.0. The minimum Gasteiger partial charge on any atom is -0.497 e. The number of ether oxygens (including phenoxy) is 3. The maximum Gasteiger partial charge on any atom is 0.407 e. The number of hydrogen-bond donors (Lipinski definition) is 2. The van der Waals surface area contributed by atoms with E-state index in [1.807, 2.05) is 6.07 Å². The average Bonchev–Trinajstić information content (AvgIpc) is 3.38. The first-order valence-electron chi connectivity index (χ1n) is 11.8. The van der Waals surface area contributed by atoms with E-state index in [9.17, 15) is 14.3 Å². The summed E-state index contributed by atoms with van der Waals surface area (Å²) in [6, 6.07) is 7.77. The highest BCUT2D eigenvalue weighted by molar-refractivity contribution is 5.96. The summed E-state index contributed by atoms with van der Waals surface area (Å²) in [4.78, 5) is 21.6. The highest BCUT2D eigenvalue weighted by Gasteiger charge is 2.43. The van der Waals surface area contributed by atoms with Gasteiger partial charge < -0.3 is 29.5 Å². The summed E-state index contributed by atoms with van der Waals surface area (Å²) in [7, 11) is 4.49. The van der Waals surface area contributed by atoms with Crippen LogP contribution in [0.1, 0.15) is 24.2 Å². The van der Waals surface area contributed by atoms with Gasteiger partial charge in [-0.2, -0.15) is 4.52 Å². The van der Waals surface area contributed by atoms with Crippen molar-refractivity contribution in [2.24, 2.45) is 0 Å². The molecule has 0 radical (unpaired) electrons. The summed E-state index contributed by atoms with van der Waals surface area (Å²) in [5, 5.41) is 17.2. The van der Waals surface area contributed by atoms with Crippen LogP contribution in [0.4, 0.5) is 19.5 Å². The average molecular weight is 529 g/mol. The molecule has 38 heavy (non-hydrogen) atoms. The van der Waals surface area contributed by atoms with Crippen LogP contribution < -0.4 is 19.5 Å². The summed E-state index contributed by atoms with van der Waals surface area (Å²) < 4.78 is 47.9. The van der Waals surface area contributed by atoms with Crippen molar-refractivity contribution in [2.75, 3.05) is 39.7 Å². The van der Waals surface area contributed by atoms with Crippen molar-refractivity contribution in [1.29, 1.82) is 0 Å². The Morgan fingerprint density at radius 1 is 1.13 bits per heavy atom. The predicted molar refractivity (Wildman–Crippen MR) is 133 cm³/mol. The lowest BCUT2D eigenvalue weighted by molar-refractivity contribution is 0.0370. The van der Waals surface area contributed by atoms with Gasteiger partial charge in [0.2, 0.25) is 5.95 Å². The molecule has 0 spiro atoms. The number of nitrogens with one attached hydrogen (secondary N) is 1. The van der Waals surface area contributed by atoms with Crippen molar-refractivity contribution in [1.82, 2.24) is 24.5 Å². The number of carboxylic acid groups (broad SMARTS) is 1. The second-order valence-electron chi connectivity index (χ2n) is 8.91. The Labute approximate surface area is 215 Å². The summed E-state index contributed by atoms with van der Waals surface area (Å²) in [5.41, 5.74) is -0.895. The Morgan fingerprint density at radius 3 is 2.63 bits per heavy atom. The van der Waals surface area contributed by atoms with Gasteiger partial charge >= 0.3 is 6.09 Å². The summed E-state index contributed by atoms with van der Waals surface area (Å²) in [6.45, 7) is 0.0544. The molecule has 1 atom stereocenters. The molecule has 4 aromatic rings. The molecule has 200 valence electrons. The Morgan fingerprint density at radius 2 is 1.92 bits per heavy atom.